The standard InChI is InChI=1S/C43H48FN5O6/c1-3-17-45-39(51)26-49-38-24-30(43(53)54)11-14-35(38)41(29-8-5-4-6-9-29)42(49)34-15-13-33(25-36(34)44)55-27-31-23-32(48-18-7-10-40(48)52)12-16-37(31)47-21-19-46(20-22-47)28(2)50/h3,11-16,23-25,29H,1,4-10,17-22,26-27H2,2H3,(H,45,51)(H,53,54). The SMILES string of the molecule is C=CCNC(=O)Cn1c(-c2ccc(OCc3cc(N4CCCC4=O)ccc3N3CCN(C(C)=O)CC3)cc2F)c(C2CCCCC2)c2ccc(C(=O)O)cc21. The van der Waals surface area contributed by atoms with E-state index in [1.165, 1.54) is 6.07 Å². The Hall–Kier alpha value is -5.65. The number of ether oxygens (including phenoxy) is 1. The van der Waals surface area contributed by atoms with Gasteiger partial charge in [0.15, 0.2) is 0 Å². The zero-order chi connectivity index (χ0) is 38.6. The van der Waals surface area contributed by atoms with Gasteiger partial charge in [-0.25, -0.2) is 9.18 Å². The highest BCUT2D eigenvalue weighted by atomic mass is 19.1. The molecule has 11 nitrogen and oxygen atoms in total. The minimum Gasteiger partial charge on any atom is -0.489 e. The number of carbonyl (C=O) groups is 4. The van der Waals surface area contributed by atoms with Gasteiger partial charge >= 0.3 is 5.97 Å². The smallest absolute Gasteiger partial charge is 0.335 e. The highest BCUT2D eigenvalue weighted by Crippen LogP contribution is 2.45. The zero-order valence-electron chi connectivity index (χ0n) is 31.3. The number of fused-ring (bicyclic) bond motifs is 1. The number of nitrogens with one attached hydrogen (secondary N) is 1. The van der Waals surface area contributed by atoms with Crippen LogP contribution in [0.1, 0.15) is 79.3 Å². The van der Waals surface area contributed by atoms with Crippen LogP contribution in [0, 0.1) is 5.82 Å². The Morgan fingerprint density at radius 3 is 2.42 bits per heavy atom. The number of amides is 3. The normalized spacial score (nSPS) is 16.5. The molecule has 4 aromatic rings. The lowest BCUT2D eigenvalue weighted by Crippen LogP contribution is -2.48. The highest BCUT2D eigenvalue weighted by Gasteiger charge is 2.30. The summed E-state index contributed by atoms with van der Waals surface area (Å²) in [4.78, 5) is 55.8. The van der Waals surface area contributed by atoms with Crippen molar-refractivity contribution in [2.45, 2.75) is 70.9 Å². The van der Waals surface area contributed by atoms with Gasteiger partial charge in [-0.2, -0.15) is 0 Å². The second-order valence-corrected chi connectivity index (χ2v) is 14.7. The third-order valence-corrected chi connectivity index (χ3v) is 11.2. The first-order chi connectivity index (χ1) is 26.6. The van der Waals surface area contributed by atoms with E-state index in [0.29, 0.717) is 61.7 Å². The first kappa shape index (κ1) is 37.7. The summed E-state index contributed by atoms with van der Waals surface area (Å²) in [6, 6.07) is 15.6. The molecular formula is C43H48FN5O6. The Kier molecular flexibility index (Phi) is 11.2. The van der Waals surface area contributed by atoms with Crippen molar-refractivity contribution in [3.8, 4) is 17.0 Å². The lowest BCUT2D eigenvalue weighted by Gasteiger charge is -2.37. The number of piperazine rings is 1. The first-order valence-electron chi connectivity index (χ1n) is 19.3. The molecule has 0 radical (unpaired) electrons. The fraction of sp³-hybridized carbons (Fsp3) is 0.395. The molecule has 55 heavy (non-hydrogen) atoms. The Morgan fingerprint density at radius 1 is 0.964 bits per heavy atom. The number of carbonyl (C=O) groups excluding carboxylic acids is 3. The fourth-order valence-electron chi connectivity index (χ4n) is 8.44. The van der Waals surface area contributed by atoms with E-state index in [2.05, 4.69) is 16.8 Å². The summed E-state index contributed by atoms with van der Waals surface area (Å²) in [7, 11) is 0. The van der Waals surface area contributed by atoms with Crippen molar-refractivity contribution in [2.75, 3.05) is 49.1 Å². The second-order valence-electron chi connectivity index (χ2n) is 14.7. The average Bonchev–Trinajstić information content (AvgIpc) is 3.76. The topological polar surface area (TPSA) is 124 Å². The molecule has 0 bridgehead atoms. The minimum absolute atomic E-state index is 0.0452. The van der Waals surface area contributed by atoms with Crippen molar-refractivity contribution in [3.63, 3.8) is 0 Å². The maximum atomic E-state index is 16.7. The van der Waals surface area contributed by atoms with Gasteiger partial charge in [0.1, 0.15) is 24.7 Å². The average molecular weight is 750 g/mol. The maximum Gasteiger partial charge on any atom is 0.335 e. The molecule has 3 aliphatic rings. The molecule has 1 saturated carbocycles. The summed E-state index contributed by atoms with van der Waals surface area (Å²) in [6.45, 7) is 8.65. The third-order valence-electron chi connectivity index (χ3n) is 11.2. The van der Waals surface area contributed by atoms with Crippen LogP contribution in [0.15, 0.2) is 67.3 Å². The summed E-state index contributed by atoms with van der Waals surface area (Å²) >= 11 is 0. The molecule has 3 fully saturated rings. The van der Waals surface area contributed by atoms with Crippen molar-refractivity contribution in [1.82, 2.24) is 14.8 Å². The predicted octanol–water partition coefficient (Wildman–Crippen LogP) is 6.87. The van der Waals surface area contributed by atoms with Crippen molar-refractivity contribution in [2.24, 2.45) is 0 Å². The van der Waals surface area contributed by atoms with Crippen LogP contribution in [-0.2, 0) is 27.5 Å². The van der Waals surface area contributed by atoms with Gasteiger partial charge in [0.05, 0.1) is 16.8 Å². The molecule has 1 aromatic heterocycles. The van der Waals surface area contributed by atoms with Gasteiger partial charge in [0, 0.05) is 86.6 Å². The largest absolute Gasteiger partial charge is 0.489 e. The van der Waals surface area contributed by atoms with Gasteiger partial charge < -0.3 is 34.4 Å². The minimum atomic E-state index is -1.08. The molecule has 2 saturated heterocycles. The fourth-order valence-corrected chi connectivity index (χ4v) is 8.44. The molecule has 3 amide bonds. The molecule has 2 aliphatic heterocycles. The van der Waals surface area contributed by atoms with Gasteiger partial charge in [-0.3, -0.25) is 14.4 Å². The molecule has 0 atom stereocenters. The van der Waals surface area contributed by atoms with E-state index in [0.717, 1.165) is 66.4 Å². The monoisotopic (exact) mass is 749 g/mol. The number of benzene rings is 3. The maximum absolute atomic E-state index is 16.7. The lowest BCUT2D eigenvalue weighted by molar-refractivity contribution is -0.129. The van der Waals surface area contributed by atoms with Crippen molar-refractivity contribution >= 4 is 46.0 Å². The number of hydrogen-bond acceptors (Lipinski definition) is 6. The molecule has 288 valence electrons. The number of carboxylic acids is 1. The summed E-state index contributed by atoms with van der Waals surface area (Å²) in [6.07, 6.45) is 7.88. The van der Waals surface area contributed by atoms with Crippen LogP contribution in [0.4, 0.5) is 15.8 Å². The number of nitrogens with zero attached hydrogens (tertiary/aromatic N) is 4. The molecule has 2 N–H and O–H groups in total. The third kappa shape index (κ3) is 7.94. The van der Waals surface area contributed by atoms with Crippen LogP contribution in [0.3, 0.4) is 0 Å². The van der Waals surface area contributed by atoms with Gasteiger partial charge in [-0.1, -0.05) is 31.4 Å². The molecule has 12 heteroatoms. The Balaban J connectivity index is 1.24. The number of anilines is 2. The lowest BCUT2D eigenvalue weighted by atomic mass is 9.81. The second kappa shape index (κ2) is 16.4. The Labute approximate surface area is 320 Å². The van der Waals surface area contributed by atoms with E-state index in [9.17, 15) is 24.3 Å². The summed E-state index contributed by atoms with van der Waals surface area (Å²) < 4.78 is 24.7. The van der Waals surface area contributed by atoms with Crippen LogP contribution >= 0.6 is 0 Å². The van der Waals surface area contributed by atoms with Crippen LogP contribution in [-0.4, -0.2) is 77.5 Å². The van der Waals surface area contributed by atoms with Gasteiger partial charge in [-0.05, 0) is 73.2 Å². The quantitative estimate of drug-likeness (QED) is 0.152. The molecule has 1 aliphatic carbocycles. The highest BCUT2D eigenvalue weighted by molar-refractivity contribution is 5.99. The molecular weight excluding hydrogens is 702 g/mol. The number of aromatic nitrogens is 1. The molecule has 3 heterocycles. The summed E-state index contributed by atoms with van der Waals surface area (Å²) in [5, 5.41) is 13.5. The first-order valence-corrected chi connectivity index (χ1v) is 19.3. The van der Waals surface area contributed by atoms with Gasteiger partial charge in [-0.15, -0.1) is 6.58 Å². The van der Waals surface area contributed by atoms with Crippen LogP contribution < -0.4 is 19.9 Å². The van der Waals surface area contributed by atoms with Crippen LogP contribution in [0.2, 0.25) is 0 Å². The van der Waals surface area contributed by atoms with Crippen molar-refractivity contribution < 1.29 is 33.4 Å². The summed E-state index contributed by atoms with van der Waals surface area (Å²) in [5.74, 6) is -1.36. The van der Waals surface area contributed by atoms with Crippen molar-refractivity contribution in [1.29, 1.82) is 0 Å². The molecule has 0 spiro atoms. The molecule has 3 aromatic carbocycles. The van der Waals surface area contributed by atoms with E-state index in [1.54, 1.807) is 52.8 Å². The van der Waals surface area contributed by atoms with E-state index >= 15 is 4.39 Å². The van der Waals surface area contributed by atoms with E-state index in [1.807, 2.05) is 23.1 Å². The number of rotatable bonds is 12. The zero-order valence-corrected chi connectivity index (χ0v) is 31.3. The van der Waals surface area contributed by atoms with Crippen LogP contribution in [0.25, 0.3) is 22.2 Å². The number of aromatic carboxylic acids is 1. The van der Waals surface area contributed by atoms with E-state index in [-0.39, 0.29) is 48.9 Å². The Bertz CT molecular complexity index is 2130. The van der Waals surface area contributed by atoms with Crippen LogP contribution in [0.5, 0.6) is 5.75 Å². The number of halogens is 1. The Morgan fingerprint density at radius 2 is 1.75 bits per heavy atom. The van der Waals surface area contributed by atoms with Crippen molar-refractivity contribution in [3.05, 3.63) is 89.8 Å². The molecule has 0 unspecified atom stereocenters. The van der Waals surface area contributed by atoms with E-state index < -0.39 is 11.8 Å². The van der Waals surface area contributed by atoms with Gasteiger partial charge in [0.25, 0.3) is 0 Å². The molecule has 7 rings (SSSR count). The predicted molar refractivity (Wildman–Crippen MR) is 210 cm³/mol. The van der Waals surface area contributed by atoms with E-state index in [4.69, 9.17) is 4.74 Å². The number of hydrogen-bond donors (Lipinski definition) is 2. The van der Waals surface area contributed by atoms with Gasteiger partial charge in [0.2, 0.25) is 17.7 Å². The number of carboxylic acid groups (broad SMARTS) is 1. The summed E-state index contributed by atoms with van der Waals surface area (Å²) in [5.41, 5.74) is 5.02.